The van der Waals surface area contributed by atoms with Gasteiger partial charge in [-0.1, -0.05) is 48.5 Å². The highest BCUT2D eigenvalue weighted by atomic mass is 131. The molecular formula is C88H111I9N8O8. The first-order valence-corrected chi connectivity index (χ1v) is 46.6. The highest BCUT2D eigenvalue weighted by molar-refractivity contribution is 14.1. The zero-order valence-corrected chi connectivity index (χ0v) is 85.0. The van der Waals surface area contributed by atoms with E-state index >= 15 is 0 Å². The lowest BCUT2D eigenvalue weighted by Crippen LogP contribution is -2.00. The highest BCUT2D eigenvalue weighted by Gasteiger charge is 2.13. The Morgan fingerprint density at radius 3 is 1.14 bits per heavy atom. The van der Waals surface area contributed by atoms with Crippen LogP contribution in [0.1, 0.15) is 215 Å². The number of phenolic OH excluding ortho intramolecular Hbond substituents is 6. The summed E-state index contributed by atoms with van der Waals surface area (Å²) in [6, 6.07) is 48.4. The van der Waals surface area contributed by atoms with Crippen molar-refractivity contribution in [1.29, 1.82) is 43.3 Å². The fourth-order valence-electron chi connectivity index (χ4n) is 10.3. The van der Waals surface area contributed by atoms with Crippen LogP contribution in [0, 0.1) is 75.4 Å². The number of hydrogen-bond donors (Lipinski definition) is 16. The van der Waals surface area contributed by atoms with Gasteiger partial charge in [-0.15, -0.1) is 0 Å². The topological polar surface area (TPSA) is 353 Å². The normalized spacial score (nSPS) is 10.8. The third-order valence-corrected chi connectivity index (χ3v) is 23.4. The number of halogens is 9. The van der Waals surface area contributed by atoms with Crippen LogP contribution in [0.4, 0.5) is 0 Å². The monoisotopic (exact) mass is 2590 g/mol. The first kappa shape index (κ1) is 107. The number of rotatable bonds is 32. The van der Waals surface area contributed by atoms with E-state index < -0.39 is 12.2 Å². The van der Waals surface area contributed by atoms with Gasteiger partial charge in [0.05, 0.1) is 19.3 Å². The quantitative estimate of drug-likeness (QED) is 0.0109. The van der Waals surface area contributed by atoms with Gasteiger partial charge in [-0.05, 0) is 548 Å². The Labute approximate surface area is 794 Å². The van der Waals surface area contributed by atoms with Crippen molar-refractivity contribution in [2.75, 3.05) is 0 Å². The number of phenols is 6. The summed E-state index contributed by atoms with van der Waals surface area (Å²) in [7, 11) is 0. The van der Waals surface area contributed by atoms with E-state index in [4.69, 9.17) is 43.3 Å². The fraction of sp³-hybridized carbons (Fsp3) is 0.364. The molecule has 0 heterocycles. The Morgan fingerprint density at radius 1 is 0.274 bits per heavy atom. The second-order valence-electron chi connectivity index (χ2n) is 27.4. The summed E-state index contributed by atoms with van der Waals surface area (Å²) in [4.78, 5) is 0. The molecule has 0 unspecified atom stereocenters. The van der Waals surface area contributed by atoms with Crippen molar-refractivity contribution >= 4 is 249 Å². The number of aryl methyl sites for hydroxylation is 6. The molecule has 8 aromatic carbocycles. The zero-order valence-electron chi connectivity index (χ0n) is 65.6. The Kier molecular flexibility index (Phi) is 58.6. The summed E-state index contributed by atoms with van der Waals surface area (Å²) in [6.45, 7) is 14.5. The van der Waals surface area contributed by atoms with Crippen molar-refractivity contribution in [2.24, 2.45) is 0 Å². The number of benzene rings is 8. The van der Waals surface area contributed by atoms with Crippen molar-refractivity contribution in [1.82, 2.24) is 0 Å². The maximum Gasteiger partial charge on any atom is 0.160 e. The molecule has 0 saturated carbocycles. The summed E-state index contributed by atoms with van der Waals surface area (Å²) in [5.41, 5.74) is 14.0. The van der Waals surface area contributed by atoms with Gasteiger partial charge >= 0.3 is 0 Å². The summed E-state index contributed by atoms with van der Waals surface area (Å²) in [6.07, 6.45) is 17.9. The second kappa shape index (κ2) is 61.7. The highest BCUT2D eigenvalue weighted by Crippen LogP contribution is 2.33. The van der Waals surface area contributed by atoms with E-state index in [1.165, 1.54) is 37.0 Å². The molecule has 0 saturated heterocycles. The first-order valence-electron chi connectivity index (χ1n) is 36.9. The number of nitrogens with one attached hydrogen (secondary N) is 8. The smallest absolute Gasteiger partial charge is 0.160 e. The number of aliphatic hydroxyl groups is 2. The lowest BCUT2D eigenvalue weighted by molar-refractivity contribution is 0.169. The maximum absolute atomic E-state index is 9.82. The van der Waals surface area contributed by atoms with E-state index in [9.17, 15) is 40.9 Å². The third kappa shape index (κ3) is 53.5. The summed E-state index contributed by atoms with van der Waals surface area (Å²) >= 11 is 19.9. The molecule has 8 rings (SSSR count). The predicted octanol–water partition coefficient (Wildman–Crippen LogP) is 27.0. The maximum atomic E-state index is 9.82. The summed E-state index contributed by atoms with van der Waals surface area (Å²) in [5.74, 6) is 1.16. The van der Waals surface area contributed by atoms with Crippen LogP contribution in [0.15, 0.2) is 152 Å². The van der Waals surface area contributed by atoms with Crippen molar-refractivity contribution in [3.63, 3.8) is 0 Å². The molecule has 0 aliphatic heterocycles. The molecule has 614 valence electrons. The van der Waals surface area contributed by atoms with E-state index in [0.29, 0.717) is 77.8 Å². The standard InChI is InChI=1S/C11H13I2NO.2C11H14INO2.3C11H14INO.2C11H14IN/c1-7(14)3-2-4-8-5-9(12)6-10(13)11(8)15;1-7(13)2-5-10(14)8-3-4-9(12)11(15)6-8;1-7(13)3-2-4-8-5-9(12)6-10(14)11(8)15;1-8(13)2-7-11(14)9-3-5-10(12)6-4-9;1-8(13)3-2-4-9-5-10(12)7-11(14)6-9;1-8(13)3-2-4-9-7-10(14)5-6-11(9)12;1-9(13)4-2-5-10-6-3-7-11(12)8-10;1-9(13)5-4-7-10-6-2-3-8-11(10)12/h5-6,14-15H,2-4H2,1H3;3-4,6,10,13-15H,2,5H2,1H3;5-6,13-15H,2-4H2,1H3;3-6,11,13-14H,2,7H2,1H3;2*5-7,13-14H,2-4H2,1H3;3,6-8,13H,2,4-5H2,1H3;2-3,6,8,13H,4-5,7H2,1H3/t;10-;;11-;;;;/m.0.0..../s1/i12+4,13+4;7*12+4. The lowest BCUT2D eigenvalue weighted by atomic mass is 10.0. The van der Waals surface area contributed by atoms with Crippen LogP contribution in [0.3, 0.4) is 0 Å². The molecule has 113 heavy (non-hydrogen) atoms. The number of aromatic hydroxyl groups is 6. The van der Waals surface area contributed by atoms with E-state index in [0.717, 1.165) is 172 Å². The molecular weight excluding hydrogens is 2480 g/mol. The van der Waals surface area contributed by atoms with Gasteiger partial charge in [0.25, 0.3) is 0 Å². The zero-order chi connectivity index (χ0) is 85.3. The molecule has 2 atom stereocenters. The van der Waals surface area contributed by atoms with Crippen LogP contribution in [-0.4, -0.2) is 86.5 Å². The fourth-order valence-corrected chi connectivity index (χ4v) is 16.2. The third-order valence-electron chi connectivity index (χ3n) is 16.3. The van der Waals surface area contributed by atoms with Crippen molar-refractivity contribution in [3.8, 4) is 34.5 Å². The van der Waals surface area contributed by atoms with E-state index in [1.807, 2.05) is 106 Å². The SMILES string of the molecule is CC(=N)CCCc1cc(O)cc([131I])c1.CC(=N)CCCc1cc(O)ccc1[131I].CC(=N)CCCc1cc([131I])cc(O)c1O.CC(=N)CCCc1cc([131I])cc([131I])c1O.CC(=N)CCCc1cccc([131I])c1.CC(=N)CCCc1ccccc1[131I].CC(=N)CC[C@H](O)c1ccc([131I])c(O)c1.CC(=N)CC[C@H](O)c1ccc([131I])cc1. The molecule has 25 heteroatoms. The van der Waals surface area contributed by atoms with Gasteiger partial charge < -0.3 is 84.1 Å². The van der Waals surface area contributed by atoms with Gasteiger partial charge in [0.1, 0.15) is 23.0 Å². The van der Waals surface area contributed by atoms with Gasteiger partial charge in [0.2, 0.25) is 0 Å². The number of aliphatic hydroxyl groups excluding tert-OH is 2. The van der Waals surface area contributed by atoms with Crippen LogP contribution in [0.25, 0.3) is 0 Å². The van der Waals surface area contributed by atoms with Gasteiger partial charge in [-0.3, -0.25) is 0 Å². The average Bonchev–Trinajstić information content (AvgIpc) is 0.861. The lowest BCUT2D eigenvalue weighted by Gasteiger charge is -2.11. The van der Waals surface area contributed by atoms with Gasteiger partial charge in [-0.2, -0.15) is 0 Å². The molecule has 0 amide bonds. The minimum atomic E-state index is -0.604. The molecule has 0 aliphatic carbocycles. The van der Waals surface area contributed by atoms with Crippen LogP contribution in [0.5, 0.6) is 34.5 Å². The molecule has 16 nitrogen and oxygen atoms in total. The molecule has 16 N–H and O–H groups in total. The van der Waals surface area contributed by atoms with Gasteiger partial charge in [0, 0.05) is 70.7 Å². The van der Waals surface area contributed by atoms with Crippen molar-refractivity contribution in [3.05, 3.63) is 228 Å². The van der Waals surface area contributed by atoms with E-state index in [2.05, 4.69) is 235 Å². The van der Waals surface area contributed by atoms with Crippen molar-refractivity contribution < 1.29 is 40.9 Å². The predicted molar refractivity (Wildman–Crippen MR) is 549 cm³/mol. The molecule has 0 radical (unpaired) electrons. The van der Waals surface area contributed by atoms with Gasteiger partial charge in [-0.25, -0.2) is 0 Å². The second-order valence-corrected chi connectivity index (χ2v) is 38.3. The molecule has 0 fully saturated rings. The van der Waals surface area contributed by atoms with Gasteiger partial charge in [0.15, 0.2) is 11.5 Å². The molecule has 0 spiro atoms. The minimum Gasteiger partial charge on any atom is -0.508 e. The molecule has 8 aromatic rings. The average molecular weight is 2590 g/mol. The Morgan fingerprint density at radius 2 is 0.673 bits per heavy atom. The Hall–Kier alpha value is -3.59. The molecule has 0 aromatic heterocycles. The minimum absolute atomic E-state index is 0.0296. The first-order chi connectivity index (χ1) is 53.1. The Bertz CT molecular complexity index is 4220. The van der Waals surface area contributed by atoms with Crippen LogP contribution >= 0.6 is 203 Å². The number of hydrogen-bond acceptors (Lipinski definition) is 16. The Balaban J connectivity index is 0.000000646. The van der Waals surface area contributed by atoms with Crippen LogP contribution < -0.4 is 0 Å². The molecule has 0 bridgehead atoms. The van der Waals surface area contributed by atoms with E-state index in [-0.39, 0.29) is 17.2 Å². The van der Waals surface area contributed by atoms with Crippen LogP contribution in [-0.2, 0) is 38.5 Å². The summed E-state index contributed by atoms with van der Waals surface area (Å²) in [5, 5.41) is 135. The molecule has 0 aliphatic rings. The van der Waals surface area contributed by atoms with E-state index in [1.54, 1.807) is 63.2 Å². The largest absolute Gasteiger partial charge is 0.508 e. The van der Waals surface area contributed by atoms with Crippen molar-refractivity contribution in [2.45, 2.75) is 209 Å². The summed E-state index contributed by atoms with van der Waals surface area (Å²) < 4.78 is 9.77. The van der Waals surface area contributed by atoms with Crippen LogP contribution in [0.2, 0.25) is 0 Å².